The first-order valence-electron chi connectivity index (χ1n) is 11.7. The van der Waals surface area contributed by atoms with Gasteiger partial charge in [0, 0.05) is 18.3 Å². The Hall–Kier alpha value is -3.02. The molecular weight excluding hydrogens is 448 g/mol. The third kappa shape index (κ3) is 8.08. The van der Waals surface area contributed by atoms with E-state index in [-0.39, 0.29) is 12.5 Å². The summed E-state index contributed by atoms with van der Waals surface area (Å²) in [4.78, 5) is 12.3. The molecule has 0 aliphatic rings. The van der Waals surface area contributed by atoms with Crippen LogP contribution in [0.4, 0.5) is 5.69 Å². The minimum atomic E-state index is -0.264. The van der Waals surface area contributed by atoms with Gasteiger partial charge in [0.25, 0.3) is 5.91 Å². The van der Waals surface area contributed by atoms with Crippen LogP contribution in [0.3, 0.4) is 0 Å². The lowest BCUT2D eigenvalue weighted by Gasteiger charge is -2.17. The van der Waals surface area contributed by atoms with Crippen LogP contribution in [-0.4, -0.2) is 25.2 Å². The van der Waals surface area contributed by atoms with Crippen LogP contribution >= 0.6 is 11.6 Å². The highest BCUT2D eigenvalue weighted by Crippen LogP contribution is 2.36. The SMILES string of the molecule is CCOc1cc(CN[C@H](C)CCc2ccccc2)cc(Cl)c1OCC(=O)Nc1ccc(C)cc1. The first kappa shape index (κ1) is 25.6. The predicted octanol–water partition coefficient (Wildman–Crippen LogP) is 6.18. The second kappa shape index (κ2) is 13.0. The number of anilines is 1. The number of nitrogens with one attached hydrogen (secondary N) is 2. The number of rotatable bonds is 12. The molecule has 0 aromatic heterocycles. The van der Waals surface area contributed by atoms with Crippen molar-refractivity contribution in [2.75, 3.05) is 18.5 Å². The summed E-state index contributed by atoms with van der Waals surface area (Å²) in [6.07, 6.45) is 2.06. The summed E-state index contributed by atoms with van der Waals surface area (Å²) in [5.74, 6) is 0.649. The van der Waals surface area contributed by atoms with Crippen molar-refractivity contribution in [3.05, 3.63) is 88.4 Å². The minimum Gasteiger partial charge on any atom is -0.490 e. The summed E-state index contributed by atoms with van der Waals surface area (Å²) in [6.45, 7) is 7.03. The van der Waals surface area contributed by atoms with Crippen molar-refractivity contribution in [2.24, 2.45) is 0 Å². The first-order chi connectivity index (χ1) is 16.4. The molecule has 3 aromatic rings. The van der Waals surface area contributed by atoms with Gasteiger partial charge in [-0.15, -0.1) is 0 Å². The Morgan fingerprint density at radius 1 is 1.00 bits per heavy atom. The maximum absolute atomic E-state index is 12.3. The average molecular weight is 481 g/mol. The van der Waals surface area contributed by atoms with Gasteiger partial charge in [-0.1, -0.05) is 59.6 Å². The van der Waals surface area contributed by atoms with Gasteiger partial charge in [0.15, 0.2) is 18.1 Å². The monoisotopic (exact) mass is 480 g/mol. The van der Waals surface area contributed by atoms with E-state index in [1.54, 1.807) is 0 Å². The van der Waals surface area contributed by atoms with Crippen LogP contribution in [0.2, 0.25) is 5.02 Å². The second-order valence-corrected chi connectivity index (χ2v) is 8.75. The number of halogens is 1. The fraction of sp³-hybridized carbons (Fsp3) is 0.321. The lowest BCUT2D eigenvalue weighted by atomic mass is 10.1. The normalized spacial score (nSPS) is 11.6. The molecule has 3 rings (SSSR count). The molecule has 0 saturated heterocycles. The van der Waals surface area contributed by atoms with Gasteiger partial charge >= 0.3 is 0 Å². The zero-order chi connectivity index (χ0) is 24.3. The molecule has 0 fully saturated rings. The molecular formula is C28H33ClN2O3. The number of hydrogen-bond acceptors (Lipinski definition) is 4. The molecule has 0 saturated carbocycles. The largest absolute Gasteiger partial charge is 0.490 e. The molecule has 180 valence electrons. The lowest BCUT2D eigenvalue weighted by Crippen LogP contribution is -2.26. The fourth-order valence-corrected chi connectivity index (χ4v) is 3.81. The second-order valence-electron chi connectivity index (χ2n) is 8.35. The third-order valence-corrected chi connectivity index (χ3v) is 5.70. The Morgan fingerprint density at radius 2 is 1.74 bits per heavy atom. The Balaban J connectivity index is 1.56. The molecule has 34 heavy (non-hydrogen) atoms. The van der Waals surface area contributed by atoms with Gasteiger partial charge in [0.05, 0.1) is 11.6 Å². The Morgan fingerprint density at radius 3 is 2.44 bits per heavy atom. The number of carbonyl (C=O) groups is 1. The number of aryl methyl sites for hydroxylation is 2. The van der Waals surface area contributed by atoms with Gasteiger partial charge in [0.2, 0.25) is 0 Å². The minimum absolute atomic E-state index is 0.165. The molecule has 0 bridgehead atoms. The Bertz CT molecular complexity index is 1060. The number of ether oxygens (including phenoxy) is 2. The van der Waals surface area contributed by atoms with Crippen LogP contribution in [0.1, 0.15) is 37.0 Å². The topological polar surface area (TPSA) is 59.6 Å². The number of hydrogen-bond donors (Lipinski definition) is 2. The van der Waals surface area contributed by atoms with E-state index in [1.165, 1.54) is 5.56 Å². The predicted molar refractivity (Wildman–Crippen MR) is 139 cm³/mol. The molecule has 0 spiro atoms. The van der Waals surface area contributed by atoms with Crippen LogP contribution in [0.15, 0.2) is 66.7 Å². The summed E-state index contributed by atoms with van der Waals surface area (Å²) in [5.41, 5.74) is 4.18. The fourth-order valence-electron chi connectivity index (χ4n) is 3.52. The van der Waals surface area contributed by atoms with E-state index in [9.17, 15) is 4.79 Å². The van der Waals surface area contributed by atoms with Crippen molar-refractivity contribution in [1.29, 1.82) is 0 Å². The first-order valence-corrected chi connectivity index (χ1v) is 12.0. The van der Waals surface area contributed by atoms with Crippen molar-refractivity contribution in [2.45, 2.75) is 46.2 Å². The highest BCUT2D eigenvalue weighted by molar-refractivity contribution is 6.32. The molecule has 0 heterocycles. The van der Waals surface area contributed by atoms with Gasteiger partial charge in [0.1, 0.15) is 0 Å². The molecule has 6 heteroatoms. The standard InChI is InChI=1S/C28H33ClN2O3/c1-4-33-26-17-23(18-30-21(3)12-13-22-8-6-5-7-9-22)16-25(29)28(26)34-19-27(32)31-24-14-10-20(2)11-15-24/h5-11,14-17,21,30H,4,12-13,18-19H2,1-3H3,(H,31,32)/t21-/m1/s1. The summed E-state index contributed by atoms with van der Waals surface area (Å²) >= 11 is 6.52. The van der Waals surface area contributed by atoms with Crippen LogP contribution in [-0.2, 0) is 17.8 Å². The van der Waals surface area contributed by atoms with Crippen molar-refractivity contribution in [3.63, 3.8) is 0 Å². The number of benzene rings is 3. The Labute approximate surface area is 207 Å². The van der Waals surface area contributed by atoms with Crippen LogP contribution in [0.5, 0.6) is 11.5 Å². The smallest absolute Gasteiger partial charge is 0.262 e. The van der Waals surface area contributed by atoms with E-state index in [4.69, 9.17) is 21.1 Å². The molecule has 0 radical (unpaired) electrons. The van der Waals surface area contributed by atoms with E-state index in [2.05, 4.69) is 41.8 Å². The van der Waals surface area contributed by atoms with E-state index < -0.39 is 0 Å². The summed E-state index contributed by atoms with van der Waals surface area (Å²) in [5, 5.41) is 6.79. The average Bonchev–Trinajstić information content (AvgIpc) is 2.83. The molecule has 2 N–H and O–H groups in total. The zero-order valence-electron chi connectivity index (χ0n) is 20.1. The third-order valence-electron chi connectivity index (χ3n) is 5.42. The quantitative estimate of drug-likeness (QED) is 0.325. The van der Waals surface area contributed by atoms with Crippen molar-refractivity contribution >= 4 is 23.2 Å². The van der Waals surface area contributed by atoms with Crippen LogP contribution in [0.25, 0.3) is 0 Å². The summed E-state index contributed by atoms with van der Waals surface area (Å²) in [7, 11) is 0. The molecule has 5 nitrogen and oxygen atoms in total. The van der Waals surface area contributed by atoms with Crippen molar-refractivity contribution in [1.82, 2.24) is 5.32 Å². The highest BCUT2D eigenvalue weighted by atomic mass is 35.5. The zero-order valence-corrected chi connectivity index (χ0v) is 20.8. The van der Waals surface area contributed by atoms with Gasteiger partial charge in [-0.05, 0) is 69.0 Å². The van der Waals surface area contributed by atoms with E-state index >= 15 is 0 Å². The van der Waals surface area contributed by atoms with E-state index in [1.807, 2.05) is 56.3 Å². The number of amides is 1. The highest BCUT2D eigenvalue weighted by Gasteiger charge is 2.15. The van der Waals surface area contributed by atoms with Crippen molar-refractivity contribution < 1.29 is 14.3 Å². The number of carbonyl (C=O) groups excluding carboxylic acids is 1. The summed E-state index contributed by atoms with van der Waals surface area (Å²) in [6, 6.07) is 22.2. The molecule has 0 aliphatic heterocycles. The van der Waals surface area contributed by atoms with Gasteiger partial charge in [-0.25, -0.2) is 0 Å². The van der Waals surface area contributed by atoms with Gasteiger partial charge in [-0.3, -0.25) is 4.79 Å². The molecule has 0 aliphatic carbocycles. The molecule has 3 aromatic carbocycles. The molecule has 0 unspecified atom stereocenters. The van der Waals surface area contributed by atoms with Crippen LogP contribution in [0, 0.1) is 6.92 Å². The summed E-state index contributed by atoms with van der Waals surface area (Å²) < 4.78 is 11.5. The maximum Gasteiger partial charge on any atom is 0.262 e. The Kier molecular flexibility index (Phi) is 9.80. The van der Waals surface area contributed by atoms with E-state index in [0.29, 0.717) is 35.7 Å². The van der Waals surface area contributed by atoms with Crippen LogP contribution < -0.4 is 20.1 Å². The van der Waals surface area contributed by atoms with Gasteiger partial charge < -0.3 is 20.1 Å². The maximum atomic E-state index is 12.3. The van der Waals surface area contributed by atoms with Crippen molar-refractivity contribution in [3.8, 4) is 11.5 Å². The van der Waals surface area contributed by atoms with Gasteiger partial charge in [-0.2, -0.15) is 0 Å². The molecule has 1 amide bonds. The molecule has 1 atom stereocenters. The lowest BCUT2D eigenvalue weighted by molar-refractivity contribution is -0.118. The van der Waals surface area contributed by atoms with E-state index in [0.717, 1.165) is 29.7 Å².